The average Bonchev–Trinajstić information content (AvgIpc) is 2.64. The molecule has 0 unspecified atom stereocenters. The molecule has 1 heterocycles. The van der Waals surface area contributed by atoms with E-state index in [9.17, 15) is 9.59 Å². The van der Waals surface area contributed by atoms with Crippen molar-refractivity contribution < 1.29 is 14.3 Å². The molecule has 0 fully saturated rings. The summed E-state index contributed by atoms with van der Waals surface area (Å²) in [5.41, 5.74) is 3.77. The third-order valence-electron chi connectivity index (χ3n) is 4.63. The minimum Gasteiger partial charge on any atom is -0.497 e. The monoisotopic (exact) mass is 366 g/mol. The lowest BCUT2D eigenvalue weighted by molar-refractivity contribution is -0.119. The molecule has 0 saturated heterocycles. The maximum absolute atomic E-state index is 12.4. The highest BCUT2D eigenvalue weighted by molar-refractivity contribution is 5.98. The lowest BCUT2D eigenvalue weighted by Crippen LogP contribution is -2.37. The van der Waals surface area contributed by atoms with Gasteiger partial charge in [-0.25, -0.2) is 0 Å². The van der Waals surface area contributed by atoms with Gasteiger partial charge in [0.25, 0.3) is 0 Å². The predicted molar refractivity (Wildman–Crippen MR) is 107 cm³/mol. The summed E-state index contributed by atoms with van der Waals surface area (Å²) in [7, 11) is 1.62. The van der Waals surface area contributed by atoms with Crippen molar-refractivity contribution in [1.29, 1.82) is 0 Å². The highest BCUT2D eigenvalue weighted by Crippen LogP contribution is 2.31. The van der Waals surface area contributed by atoms with Crippen molar-refractivity contribution in [2.45, 2.75) is 33.1 Å². The van der Waals surface area contributed by atoms with E-state index in [2.05, 4.69) is 19.2 Å². The molecular formula is C22H26N2O3. The molecule has 1 N–H and O–H groups in total. The number of fused-ring (bicyclic) bond motifs is 1. The van der Waals surface area contributed by atoms with E-state index in [1.54, 1.807) is 7.11 Å². The largest absolute Gasteiger partial charge is 0.497 e. The van der Waals surface area contributed by atoms with Crippen LogP contribution < -0.4 is 15.0 Å². The van der Waals surface area contributed by atoms with Crippen molar-refractivity contribution in [3.63, 3.8) is 0 Å². The lowest BCUT2D eigenvalue weighted by Gasteiger charge is -2.31. The van der Waals surface area contributed by atoms with Gasteiger partial charge in [0.05, 0.1) is 13.5 Å². The van der Waals surface area contributed by atoms with Crippen LogP contribution >= 0.6 is 0 Å². The number of aryl methyl sites for hydroxylation is 1. The molecule has 2 aromatic carbocycles. The third-order valence-corrected chi connectivity index (χ3v) is 4.63. The van der Waals surface area contributed by atoms with E-state index in [-0.39, 0.29) is 11.8 Å². The fraction of sp³-hybridized carbons (Fsp3) is 0.364. The molecule has 27 heavy (non-hydrogen) atoms. The number of hydrogen-bond donors (Lipinski definition) is 1. The number of benzene rings is 2. The summed E-state index contributed by atoms with van der Waals surface area (Å²) >= 11 is 0. The maximum atomic E-state index is 12.4. The van der Waals surface area contributed by atoms with Crippen LogP contribution in [0.2, 0.25) is 0 Å². The molecule has 5 nitrogen and oxygen atoms in total. The Kier molecular flexibility index (Phi) is 5.79. The van der Waals surface area contributed by atoms with Gasteiger partial charge < -0.3 is 15.0 Å². The van der Waals surface area contributed by atoms with Gasteiger partial charge in [0.1, 0.15) is 5.75 Å². The molecule has 1 aliphatic rings. The van der Waals surface area contributed by atoms with Gasteiger partial charge in [-0.05, 0) is 53.8 Å². The third kappa shape index (κ3) is 4.67. The van der Waals surface area contributed by atoms with Crippen LogP contribution in [0.25, 0.3) is 0 Å². The van der Waals surface area contributed by atoms with E-state index in [1.807, 2.05) is 47.4 Å². The van der Waals surface area contributed by atoms with Gasteiger partial charge in [-0.1, -0.05) is 26.0 Å². The Morgan fingerprint density at radius 1 is 1.15 bits per heavy atom. The first-order valence-electron chi connectivity index (χ1n) is 9.32. The Balaban J connectivity index is 1.69. The van der Waals surface area contributed by atoms with Crippen LogP contribution in [-0.4, -0.2) is 25.5 Å². The first-order chi connectivity index (χ1) is 13.0. The number of ether oxygens (including phenoxy) is 1. The first kappa shape index (κ1) is 19.0. The minimum atomic E-state index is -0.0639. The molecule has 3 rings (SSSR count). The summed E-state index contributed by atoms with van der Waals surface area (Å²) in [6.07, 6.45) is 1.53. The standard InChI is InChI=1S/C22H26N2O3/c1-15(2)14-24-20-10-7-18(13-17(20)6-11-22(24)26)23-21(25)12-16-4-8-19(27-3)9-5-16/h4-5,7-10,13,15H,6,11-12,14H2,1-3H3,(H,23,25). The fourth-order valence-electron chi connectivity index (χ4n) is 3.34. The van der Waals surface area contributed by atoms with Gasteiger partial charge in [-0.3, -0.25) is 9.59 Å². The molecule has 2 aromatic rings. The van der Waals surface area contributed by atoms with Crippen LogP contribution in [-0.2, 0) is 22.4 Å². The van der Waals surface area contributed by atoms with E-state index in [0.717, 1.165) is 34.8 Å². The summed E-state index contributed by atoms with van der Waals surface area (Å²) in [4.78, 5) is 26.5. The molecule has 0 bridgehead atoms. The summed E-state index contributed by atoms with van der Waals surface area (Å²) in [5.74, 6) is 1.29. The Labute approximate surface area is 160 Å². The zero-order valence-electron chi connectivity index (χ0n) is 16.1. The molecule has 1 aliphatic heterocycles. The molecule has 5 heteroatoms. The minimum absolute atomic E-state index is 0.0639. The zero-order chi connectivity index (χ0) is 19.4. The number of nitrogens with zero attached hydrogens (tertiary/aromatic N) is 1. The number of anilines is 2. The predicted octanol–water partition coefficient (Wildman–Crippen LogP) is 3.81. The highest BCUT2D eigenvalue weighted by Gasteiger charge is 2.24. The number of amides is 2. The summed E-state index contributed by atoms with van der Waals surface area (Å²) < 4.78 is 5.13. The Morgan fingerprint density at radius 3 is 2.56 bits per heavy atom. The normalized spacial score (nSPS) is 13.5. The van der Waals surface area contributed by atoms with Gasteiger partial charge >= 0.3 is 0 Å². The zero-order valence-corrected chi connectivity index (χ0v) is 16.1. The van der Waals surface area contributed by atoms with Crippen LogP contribution in [0.4, 0.5) is 11.4 Å². The number of carbonyl (C=O) groups is 2. The maximum Gasteiger partial charge on any atom is 0.228 e. The lowest BCUT2D eigenvalue weighted by atomic mass is 9.99. The van der Waals surface area contributed by atoms with Crippen molar-refractivity contribution >= 4 is 23.2 Å². The van der Waals surface area contributed by atoms with Crippen LogP contribution in [0, 0.1) is 5.92 Å². The summed E-state index contributed by atoms with van der Waals surface area (Å²) in [6.45, 7) is 4.93. The van der Waals surface area contributed by atoms with Gasteiger partial charge in [0.15, 0.2) is 0 Å². The number of methoxy groups -OCH3 is 1. The van der Waals surface area contributed by atoms with Crippen LogP contribution in [0.1, 0.15) is 31.4 Å². The van der Waals surface area contributed by atoms with E-state index < -0.39 is 0 Å². The molecule has 0 aromatic heterocycles. The SMILES string of the molecule is COc1ccc(CC(=O)Nc2ccc3c(c2)CCC(=O)N3CC(C)C)cc1. The second kappa shape index (κ2) is 8.25. The van der Waals surface area contributed by atoms with E-state index in [1.165, 1.54) is 0 Å². The number of nitrogens with one attached hydrogen (secondary N) is 1. The van der Waals surface area contributed by atoms with E-state index >= 15 is 0 Å². The summed E-state index contributed by atoms with van der Waals surface area (Å²) in [5, 5.41) is 2.96. The number of carbonyl (C=O) groups excluding carboxylic acids is 2. The molecule has 0 radical (unpaired) electrons. The van der Waals surface area contributed by atoms with Gasteiger partial charge in [0, 0.05) is 24.3 Å². The number of rotatable bonds is 6. The Morgan fingerprint density at radius 2 is 1.89 bits per heavy atom. The molecule has 2 amide bonds. The fourth-order valence-corrected chi connectivity index (χ4v) is 3.34. The molecule has 0 atom stereocenters. The first-order valence-corrected chi connectivity index (χ1v) is 9.32. The van der Waals surface area contributed by atoms with Gasteiger partial charge in [-0.15, -0.1) is 0 Å². The van der Waals surface area contributed by atoms with Crippen LogP contribution in [0.5, 0.6) is 5.75 Å². The molecule has 0 saturated carbocycles. The van der Waals surface area contributed by atoms with Crippen LogP contribution in [0.3, 0.4) is 0 Å². The molecular weight excluding hydrogens is 340 g/mol. The second-order valence-electron chi connectivity index (χ2n) is 7.31. The molecule has 142 valence electrons. The molecule has 0 spiro atoms. The van der Waals surface area contributed by atoms with Gasteiger partial charge in [-0.2, -0.15) is 0 Å². The Bertz CT molecular complexity index is 828. The highest BCUT2D eigenvalue weighted by atomic mass is 16.5. The van der Waals surface area contributed by atoms with E-state index in [4.69, 9.17) is 4.74 Å². The van der Waals surface area contributed by atoms with Crippen LogP contribution in [0.15, 0.2) is 42.5 Å². The van der Waals surface area contributed by atoms with Gasteiger partial charge in [0.2, 0.25) is 11.8 Å². The number of hydrogen-bond acceptors (Lipinski definition) is 3. The van der Waals surface area contributed by atoms with Crippen molar-refractivity contribution in [3.05, 3.63) is 53.6 Å². The molecule has 0 aliphatic carbocycles. The topological polar surface area (TPSA) is 58.6 Å². The summed E-state index contributed by atoms with van der Waals surface area (Å²) in [6, 6.07) is 13.3. The smallest absolute Gasteiger partial charge is 0.228 e. The van der Waals surface area contributed by atoms with Crippen molar-refractivity contribution in [2.75, 3.05) is 23.9 Å². The van der Waals surface area contributed by atoms with Crippen molar-refractivity contribution in [3.8, 4) is 5.75 Å². The van der Waals surface area contributed by atoms with E-state index in [0.29, 0.717) is 25.2 Å². The van der Waals surface area contributed by atoms with Crippen molar-refractivity contribution in [1.82, 2.24) is 0 Å². The Hall–Kier alpha value is -2.82. The van der Waals surface area contributed by atoms with Crippen molar-refractivity contribution in [2.24, 2.45) is 5.92 Å². The average molecular weight is 366 g/mol. The second-order valence-corrected chi connectivity index (χ2v) is 7.31. The quantitative estimate of drug-likeness (QED) is 0.846.